The van der Waals surface area contributed by atoms with Crippen molar-refractivity contribution in [3.63, 3.8) is 0 Å². The Bertz CT molecular complexity index is 663. The highest BCUT2D eigenvalue weighted by Gasteiger charge is 2.26. The first-order valence-electron chi connectivity index (χ1n) is 7.68. The van der Waals surface area contributed by atoms with E-state index in [4.69, 9.17) is 4.74 Å². The normalized spacial score (nSPS) is 18.3. The van der Waals surface area contributed by atoms with Crippen LogP contribution in [0.4, 0.5) is 0 Å². The number of morpholine rings is 1. The number of hydrogen-bond donors (Lipinski definition) is 0. The van der Waals surface area contributed by atoms with E-state index in [-0.39, 0.29) is 12.0 Å². The minimum absolute atomic E-state index is 0.0395. The van der Waals surface area contributed by atoms with E-state index in [1.54, 1.807) is 0 Å². The summed E-state index contributed by atoms with van der Waals surface area (Å²) in [7, 11) is 0. The summed E-state index contributed by atoms with van der Waals surface area (Å²) < 4.78 is 5.86. The van der Waals surface area contributed by atoms with E-state index in [0.29, 0.717) is 19.7 Å². The molecule has 1 aliphatic rings. The average molecular weight is 295 g/mol. The summed E-state index contributed by atoms with van der Waals surface area (Å²) in [6, 6.07) is 16.1. The quantitative estimate of drug-likeness (QED) is 0.848. The second-order valence-corrected chi connectivity index (χ2v) is 5.84. The maximum atomic E-state index is 12.7. The van der Waals surface area contributed by atoms with Crippen LogP contribution in [0.25, 0.3) is 0 Å². The van der Waals surface area contributed by atoms with Crippen molar-refractivity contribution in [3.05, 3.63) is 70.8 Å². The van der Waals surface area contributed by atoms with Crippen LogP contribution >= 0.6 is 0 Å². The lowest BCUT2D eigenvalue weighted by Crippen LogP contribution is -2.42. The van der Waals surface area contributed by atoms with Gasteiger partial charge in [-0.1, -0.05) is 48.0 Å². The molecule has 2 aromatic carbocycles. The molecule has 114 valence electrons. The molecule has 1 fully saturated rings. The SMILES string of the molecule is Cc1ccc(C2CN(C(=O)c3ccccc3C)CCO2)cc1. The van der Waals surface area contributed by atoms with Gasteiger partial charge in [0.1, 0.15) is 6.10 Å². The number of benzene rings is 2. The lowest BCUT2D eigenvalue weighted by molar-refractivity contribution is -0.0228. The number of rotatable bonds is 2. The van der Waals surface area contributed by atoms with E-state index in [0.717, 1.165) is 16.7 Å². The van der Waals surface area contributed by atoms with Gasteiger partial charge in [-0.15, -0.1) is 0 Å². The molecule has 0 saturated carbocycles. The molecule has 0 N–H and O–H groups in total. The fourth-order valence-corrected chi connectivity index (χ4v) is 2.80. The molecule has 3 rings (SSSR count). The van der Waals surface area contributed by atoms with Crippen LogP contribution in [0.1, 0.15) is 33.2 Å². The summed E-state index contributed by atoms with van der Waals surface area (Å²) >= 11 is 0. The lowest BCUT2D eigenvalue weighted by Gasteiger charge is -2.33. The minimum atomic E-state index is -0.0395. The van der Waals surface area contributed by atoms with Crippen LogP contribution in [0, 0.1) is 13.8 Å². The van der Waals surface area contributed by atoms with E-state index in [1.807, 2.05) is 36.1 Å². The van der Waals surface area contributed by atoms with Gasteiger partial charge in [-0.3, -0.25) is 4.79 Å². The summed E-state index contributed by atoms with van der Waals surface area (Å²) in [4.78, 5) is 14.6. The molecule has 0 aromatic heterocycles. The maximum absolute atomic E-state index is 12.7. The van der Waals surface area contributed by atoms with Crippen LogP contribution < -0.4 is 0 Å². The van der Waals surface area contributed by atoms with Gasteiger partial charge in [0, 0.05) is 12.1 Å². The molecule has 0 bridgehead atoms. The molecule has 0 spiro atoms. The molecule has 3 heteroatoms. The van der Waals surface area contributed by atoms with Gasteiger partial charge in [0.25, 0.3) is 5.91 Å². The minimum Gasteiger partial charge on any atom is -0.370 e. The second kappa shape index (κ2) is 6.32. The zero-order chi connectivity index (χ0) is 15.5. The maximum Gasteiger partial charge on any atom is 0.254 e. The number of carbonyl (C=O) groups excluding carboxylic acids is 1. The molecular weight excluding hydrogens is 274 g/mol. The van der Waals surface area contributed by atoms with Gasteiger partial charge in [0.15, 0.2) is 0 Å². The van der Waals surface area contributed by atoms with E-state index >= 15 is 0 Å². The van der Waals surface area contributed by atoms with E-state index in [1.165, 1.54) is 5.56 Å². The number of aryl methyl sites for hydroxylation is 2. The second-order valence-electron chi connectivity index (χ2n) is 5.84. The number of amides is 1. The number of nitrogens with zero attached hydrogens (tertiary/aromatic N) is 1. The summed E-state index contributed by atoms with van der Waals surface area (Å²) in [6.45, 7) is 5.88. The van der Waals surface area contributed by atoms with Crippen molar-refractivity contribution in [1.82, 2.24) is 4.90 Å². The lowest BCUT2D eigenvalue weighted by atomic mass is 10.0. The monoisotopic (exact) mass is 295 g/mol. The van der Waals surface area contributed by atoms with E-state index in [9.17, 15) is 4.79 Å². The molecule has 1 atom stereocenters. The summed E-state index contributed by atoms with van der Waals surface area (Å²) in [5.41, 5.74) is 4.17. The molecule has 1 amide bonds. The van der Waals surface area contributed by atoms with Gasteiger partial charge in [-0.05, 0) is 31.0 Å². The molecule has 1 saturated heterocycles. The fourth-order valence-electron chi connectivity index (χ4n) is 2.80. The fraction of sp³-hybridized carbons (Fsp3) is 0.316. The number of ether oxygens (including phenoxy) is 1. The Kier molecular flexibility index (Phi) is 4.25. The number of hydrogen-bond acceptors (Lipinski definition) is 2. The first-order valence-corrected chi connectivity index (χ1v) is 7.68. The van der Waals surface area contributed by atoms with E-state index < -0.39 is 0 Å². The Labute approximate surface area is 131 Å². The molecule has 0 radical (unpaired) electrons. The highest BCUT2D eigenvalue weighted by atomic mass is 16.5. The van der Waals surface area contributed by atoms with Crippen LogP contribution in [0.2, 0.25) is 0 Å². The van der Waals surface area contributed by atoms with Gasteiger partial charge in [-0.25, -0.2) is 0 Å². The summed E-state index contributed by atoms with van der Waals surface area (Å²) in [6.07, 6.45) is -0.0395. The largest absolute Gasteiger partial charge is 0.370 e. The van der Waals surface area contributed by atoms with Crippen molar-refractivity contribution in [2.75, 3.05) is 19.7 Å². The van der Waals surface area contributed by atoms with Crippen molar-refractivity contribution >= 4 is 5.91 Å². The summed E-state index contributed by atoms with van der Waals surface area (Å²) in [5.74, 6) is 0.0958. The Balaban J connectivity index is 1.77. The predicted octanol–water partition coefficient (Wildman–Crippen LogP) is 3.52. The third kappa shape index (κ3) is 3.04. The topological polar surface area (TPSA) is 29.5 Å². The van der Waals surface area contributed by atoms with Crippen molar-refractivity contribution in [2.24, 2.45) is 0 Å². The van der Waals surface area contributed by atoms with Crippen molar-refractivity contribution in [3.8, 4) is 0 Å². The Morgan fingerprint density at radius 2 is 1.82 bits per heavy atom. The Morgan fingerprint density at radius 3 is 2.55 bits per heavy atom. The molecule has 1 aliphatic heterocycles. The molecule has 0 aliphatic carbocycles. The van der Waals surface area contributed by atoms with Gasteiger partial charge in [0.05, 0.1) is 13.2 Å². The highest BCUT2D eigenvalue weighted by molar-refractivity contribution is 5.95. The third-order valence-corrected chi connectivity index (χ3v) is 4.18. The smallest absolute Gasteiger partial charge is 0.254 e. The first-order chi connectivity index (χ1) is 10.6. The standard InChI is InChI=1S/C19H21NO2/c1-14-7-9-16(10-8-14)18-13-20(11-12-22-18)19(21)17-6-4-3-5-15(17)2/h3-10,18H,11-13H2,1-2H3. The van der Waals surface area contributed by atoms with Gasteiger partial charge < -0.3 is 9.64 Å². The first kappa shape index (κ1) is 14.8. The predicted molar refractivity (Wildman–Crippen MR) is 87.0 cm³/mol. The number of carbonyl (C=O) groups is 1. The van der Waals surface area contributed by atoms with Crippen molar-refractivity contribution in [1.29, 1.82) is 0 Å². The summed E-state index contributed by atoms with van der Waals surface area (Å²) in [5, 5.41) is 0. The van der Waals surface area contributed by atoms with Crippen LogP contribution in [-0.2, 0) is 4.74 Å². The van der Waals surface area contributed by atoms with Crippen LogP contribution in [0.5, 0.6) is 0 Å². The molecular formula is C19H21NO2. The highest BCUT2D eigenvalue weighted by Crippen LogP contribution is 2.24. The molecule has 1 unspecified atom stereocenters. The Morgan fingerprint density at radius 1 is 1.09 bits per heavy atom. The van der Waals surface area contributed by atoms with Gasteiger partial charge in [-0.2, -0.15) is 0 Å². The third-order valence-electron chi connectivity index (χ3n) is 4.18. The molecule has 22 heavy (non-hydrogen) atoms. The van der Waals surface area contributed by atoms with Crippen LogP contribution in [0.15, 0.2) is 48.5 Å². The van der Waals surface area contributed by atoms with E-state index in [2.05, 4.69) is 31.2 Å². The molecule has 1 heterocycles. The van der Waals surface area contributed by atoms with Crippen LogP contribution in [0.3, 0.4) is 0 Å². The Hall–Kier alpha value is -2.13. The van der Waals surface area contributed by atoms with Gasteiger partial charge in [0.2, 0.25) is 0 Å². The van der Waals surface area contributed by atoms with Crippen molar-refractivity contribution < 1.29 is 9.53 Å². The van der Waals surface area contributed by atoms with Crippen molar-refractivity contribution in [2.45, 2.75) is 20.0 Å². The zero-order valence-corrected chi connectivity index (χ0v) is 13.1. The van der Waals surface area contributed by atoms with Gasteiger partial charge >= 0.3 is 0 Å². The molecule has 3 nitrogen and oxygen atoms in total. The zero-order valence-electron chi connectivity index (χ0n) is 13.1. The molecule has 2 aromatic rings. The average Bonchev–Trinajstić information content (AvgIpc) is 2.55. The van der Waals surface area contributed by atoms with Crippen LogP contribution in [-0.4, -0.2) is 30.5 Å².